The van der Waals surface area contributed by atoms with Gasteiger partial charge in [-0.25, -0.2) is 13.9 Å². The lowest BCUT2D eigenvalue weighted by Crippen LogP contribution is -2.14. The number of carbonyl (C=O) groups is 1. The summed E-state index contributed by atoms with van der Waals surface area (Å²) in [5, 5.41) is 13.2. The molecule has 0 saturated heterocycles. The summed E-state index contributed by atoms with van der Waals surface area (Å²) in [6.45, 7) is 0.658. The first-order valence-electron chi connectivity index (χ1n) is 5.95. The van der Waals surface area contributed by atoms with E-state index in [4.69, 9.17) is 4.74 Å². The van der Waals surface area contributed by atoms with Gasteiger partial charge in [0.1, 0.15) is 11.5 Å². The first kappa shape index (κ1) is 13.3. The van der Waals surface area contributed by atoms with Crippen LogP contribution < -0.4 is 0 Å². The number of aromatic carboxylic acids is 1. The highest BCUT2D eigenvalue weighted by molar-refractivity contribution is 9.10. The van der Waals surface area contributed by atoms with E-state index in [1.54, 1.807) is 12.1 Å². The van der Waals surface area contributed by atoms with Gasteiger partial charge in [0.15, 0.2) is 5.69 Å². The Balaban J connectivity index is 2.21. The summed E-state index contributed by atoms with van der Waals surface area (Å²) in [6.07, 6.45) is 0.505. The lowest BCUT2D eigenvalue weighted by atomic mass is 10.1. The molecule has 3 rings (SSSR count). The third kappa shape index (κ3) is 2.12. The highest BCUT2D eigenvalue weighted by Crippen LogP contribution is 2.26. The van der Waals surface area contributed by atoms with E-state index in [1.165, 1.54) is 10.7 Å². The Morgan fingerprint density at radius 1 is 1.50 bits per heavy atom. The van der Waals surface area contributed by atoms with E-state index in [-0.39, 0.29) is 18.0 Å². The number of halogens is 2. The summed E-state index contributed by atoms with van der Waals surface area (Å²) < 4.78 is 21.3. The van der Waals surface area contributed by atoms with E-state index in [9.17, 15) is 14.3 Å². The van der Waals surface area contributed by atoms with Crippen molar-refractivity contribution >= 4 is 21.9 Å². The zero-order valence-electron chi connectivity index (χ0n) is 10.3. The fraction of sp³-hybridized carbons (Fsp3) is 0.231. The van der Waals surface area contributed by atoms with E-state index in [0.29, 0.717) is 28.8 Å². The first-order valence-corrected chi connectivity index (χ1v) is 6.74. The molecule has 2 heterocycles. The molecule has 2 aromatic rings. The van der Waals surface area contributed by atoms with Gasteiger partial charge in [0.05, 0.1) is 18.9 Å². The van der Waals surface area contributed by atoms with Gasteiger partial charge in [-0.05, 0) is 18.2 Å². The Bertz CT molecular complexity index is 699. The van der Waals surface area contributed by atoms with Crippen LogP contribution in [0.5, 0.6) is 0 Å². The number of benzene rings is 1. The summed E-state index contributed by atoms with van der Waals surface area (Å²) in [4.78, 5) is 11.2. The number of carboxylic acids is 1. The maximum absolute atomic E-state index is 14.0. The third-order valence-electron chi connectivity index (χ3n) is 3.16. The molecule has 5 nitrogen and oxygen atoms in total. The highest BCUT2D eigenvalue weighted by Gasteiger charge is 2.26. The summed E-state index contributed by atoms with van der Waals surface area (Å²) >= 11 is 3.19. The van der Waals surface area contributed by atoms with E-state index < -0.39 is 11.8 Å². The molecule has 0 aliphatic carbocycles. The number of rotatable bonds is 2. The van der Waals surface area contributed by atoms with Crippen LogP contribution in [0.25, 0.3) is 5.69 Å². The van der Waals surface area contributed by atoms with Crippen molar-refractivity contribution in [2.75, 3.05) is 6.61 Å². The summed E-state index contributed by atoms with van der Waals surface area (Å²) in [7, 11) is 0. The van der Waals surface area contributed by atoms with Gasteiger partial charge >= 0.3 is 5.97 Å². The van der Waals surface area contributed by atoms with Gasteiger partial charge in [-0.2, -0.15) is 5.10 Å². The molecular weight excluding hydrogens is 331 g/mol. The molecule has 0 fully saturated rings. The predicted molar refractivity (Wildman–Crippen MR) is 71.5 cm³/mol. The van der Waals surface area contributed by atoms with Crippen molar-refractivity contribution in [1.29, 1.82) is 0 Å². The molecule has 1 aromatic heterocycles. The molecule has 20 heavy (non-hydrogen) atoms. The first-order chi connectivity index (χ1) is 9.58. The van der Waals surface area contributed by atoms with Gasteiger partial charge in [0.2, 0.25) is 0 Å². The fourth-order valence-electron chi connectivity index (χ4n) is 2.26. The van der Waals surface area contributed by atoms with E-state index in [2.05, 4.69) is 21.0 Å². The van der Waals surface area contributed by atoms with Crippen LogP contribution in [0.3, 0.4) is 0 Å². The summed E-state index contributed by atoms with van der Waals surface area (Å²) in [5.41, 5.74) is 1.36. The van der Waals surface area contributed by atoms with Crippen LogP contribution >= 0.6 is 15.9 Å². The van der Waals surface area contributed by atoms with Crippen LogP contribution in [0.15, 0.2) is 22.7 Å². The van der Waals surface area contributed by atoms with Crippen LogP contribution in [0.2, 0.25) is 0 Å². The van der Waals surface area contributed by atoms with Crippen molar-refractivity contribution in [3.05, 3.63) is 45.4 Å². The molecule has 0 saturated carbocycles. The SMILES string of the molecule is O=C(O)c1nn(-c2ccc(Br)cc2F)c2c1COCC2. The monoisotopic (exact) mass is 340 g/mol. The van der Waals surface area contributed by atoms with Gasteiger partial charge in [-0.1, -0.05) is 15.9 Å². The van der Waals surface area contributed by atoms with Crippen molar-refractivity contribution < 1.29 is 19.0 Å². The average Bonchev–Trinajstić information content (AvgIpc) is 2.78. The second kappa shape index (κ2) is 4.99. The van der Waals surface area contributed by atoms with E-state index >= 15 is 0 Å². The van der Waals surface area contributed by atoms with Crippen LogP contribution in [-0.4, -0.2) is 27.5 Å². The van der Waals surface area contributed by atoms with E-state index in [1.807, 2.05) is 0 Å². The minimum Gasteiger partial charge on any atom is -0.476 e. The third-order valence-corrected chi connectivity index (χ3v) is 3.65. The number of ether oxygens (including phenoxy) is 1. The van der Waals surface area contributed by atoms with E-state index in [0.717, 1.165) is 0 Å². The lowest BCUT2D eigenvalue weighted by Gasteiger charge is -2.15. The number of hydrogen-bond acceptors (Lipinski definition) is 3. The Morgan fingerprint density at radius 2 is 2.30 bits per heavy atom. The molecule has 0 spiro atoms. The smallest absolute Gasteiger partial charge is 0.356 e. The molecule has 0 radical (unpaired) electrons. The second-order valence-electron chi connectivity index (χ2n) is 4.39. The number of aromatic nitrogens is 2. The van der Waals surface area contributed by atoms with Crippen molar-refractivity contribution in [1.82, 2.24) is 9.78 Å². The number of nitrogens with zero attached hydrogens (tertiary/aromatic N) is 2. The van der Waals surface area contributed by atoms with Crippen molar-refractivity contribution in [2.24, 2.45) is 0 Å². The quantitative estimate of drug-likeness (QED) is 0.912. The average molecular weight is 341 g/mol. The summed E-state index contributed by atoms with van der Waals surface area (Å²) in [5.74, 6) is -1.60. The van der Waals surface area contributed by atoms with Crippen molar-refractivity contribution in [3.8, 4) is 5.69 Å². The zero-order chi connectivity index (χ0) is 14.3. The number of carboxylic acid groups (broad SMARTS) is 1. The Morgan fingerprint density at radius 3 is 3.00 bits per heavy atom. The van der Waals surface area contributed by atoms with Crippen LogP contribution in [0.1, 0.15) is 21.7 Å². The summed E-state index contributed by atoms with van der Waals surface area (Å²) in [6, 6.07) is 4.57. The molecule has 1 aliphatic rings. The molecule has 0 atom stereocenters. The van der Waals surface area contributed by atoms with Gasteiger partial charge < -0.3 is 9.84 Å². The fourth-order valence-corrected chi connectivity index (χ4v) is 2.59. The minimum absolute atomic E-state index is 0.0815. The van der Waals surface area contributed by atoms with Gasteiger partial charge in [0, 0.05) is 16.5 Å². The molecule has 104 valence electrons. The van der Waals surface area contributed by atoms with Crippen LogP contribution in [0.4, 0.5) is 4.39 Å². The topological polar surface area (TPSA) is 64.3 Å². The predicted octanol–water partition coefficient (Wildman–Crippen LogP) is 2.54. The Kier molecular flexibility index (Phi) is 3.31. The molecule has 1 N–H and O–H groups in total. The Labute approximate surface area is 122 Å². The number of hydrogen-bond donors (Lipinski definition) is 1. The molecule has 0 amide bonds. The molecule has 1 aromatic carbocycles. The molecular formula is C13H10BrFN2O3. The second-order valence-corrected chi connectivity index (χ2v) is 5.30. The normalized spacial score (nSPS) is 14.1. The molecule has 1 aliphatic heterocycles. The van der Waals surface area contributed by atoms with Crippen molar-refractivity contribution in [3.63, 3.8) is 0 Å². The highest BCUT2D eigenvalue weighted by atomic mass is 79.9. The number of fused-ring (bicyclic) bond motifs is 1. The standard InChI is InChI=1S/C13H10BrFN2O3/c14-7-1-2-11(9(15)5-7)17-10-3-4-20-6-8(10)12(16-17)13(18)19/h1-2,5H,3-4,6H2,(H,18,19). The minimum atomic E-state index is -1.14. The maximum atomic E-state index is 14.0. The largest absolute Gasteiger partial charge is 0.476 e. The van der Waals surface area contributed by atoms with Gasteiger partial charge in [-0.15, -0.1) is 0 Å². The molecule has 0 bridgehead atoms. The van der Waals surface area contributed by atoms with Crippen LogP contribution in [-0.2, 0) is 17.8 Å². The van der Waals surface area contributed by atoms with Crippen LogP contribution in [0, 0.1) is 5.82 Å². The lowest BCUT2D eigenvalue weighted by molar-refractivity contribution is 0.0677. The van der Waals surface area contributed by atoms with Gasteiger partial charge in [-0.3, -0.25) is 0 Å². The van der Waals surface area contributed by atoms with Gasteiger partial charge in [0.25, 0.3) is 0 Å². The molecule has 7 heteroatoms. The Hall–Kier alpha value is -1.73. The maximum Gasteiger partial charge on any atom is 0.356 e. The van der Waals surface area contributed by atoms with Crippen molar-refractivity contribution in [2.45, 2.75) is 13.0 Å². The zero-order valence-corrected chi connectivity index (χ0v) is 11.9. The molecule has 0 unspecified atom stereocenters.